The third-order valence-corrected chi connectivity index (χ3v) is 9.47. The van der Waals surface area contributed by atoms with Crippen LogP contribution < -0.4 is 10.6 Å². The number of rotatable bonds is 9. The Labute approximate surface area is 278 Å². The summed E-state index contributed by atoms with van der Waals surface area (Å²) in [5, 5.41) is 29.6. The van der Waals surface area contributed by atoms with Crippen LogP contribution in [0.25, 0.3) is 33.7 Å². The maximum absolute atomic E-state index is 13.4. The van der Waals surface area contributed by atoms with Gasteiger partial charge in [-0.25, -0.2) is 4.98 Å². The van der Waals surface area contributed by atoms with E-state index in [0.717, 1.165) is 71.6 Å². The summed E-state index contributed by atoms with van der Waals surface area (Å²) in [6.07, 6.45) is 4.03. The first-order valence-corrected chi connectivity index (χ1v) is 16.4. The Morgan fingerprint density at radius 3 is 2.52 bits per heavy atom. The molecule has 1 fully saturated rings. The molecule has 1 unspecified atom stereocenters. The number of benzene rings is 3. The van der Waals surface area contributed by atoms with Crippen LogP contribution in [0, 0.1) is 25.2 Å². The van der Waals surface area contributed by atoms with Gasteiger partial charge in [-0.15, -0.1) is 0 Å². The molecule has 3 aromatic carbocycles. The number of aryl methyl sites for hydroxylation is 1. The van der Waals surface area contributed by atoms with Crippen LogP contribution in [0.4, 0.5) is 5.69 Å². The van der Waals surface area contributed by atoms with Crippen LogP contribution in [-0.4, -0.2) is 56.3 Å². The third-order valence-electron chi connectivity index (χ3n) is 9.47. The van der Waals surface area contributed by atoms with E-state index in [0.29, 0.717) is 34.8 Å². The van der Waals surface area contributed by atoms with Crippen LogP contribution >= 0.6 is 0 Å². The molecule has 0 aliphatic carbocycles. The Balaban J connectivity index is 1.15. The predicted octanol–water partition coefficient (Wildman–Crippen LogP) is 6.20. The Hall–Kier alpha value is -5.31. The number of fused-ring (bicyclic) bond motifs is 2. The molecule has 1 atom stereocenters. The van der Waals surface area contributed by atoms with E-state index in [-0.39, 0.29) is 24.2 Å². The minimum absolute atomic E-state index is 0.156. The van der Waals surface area contributed by atoms with Crippen molar-refractivity contribution in [2.24, 2.45) is 0 Å². The van der Waals surface area contributed by atoms with Gasteiger partial charge in [-0.05, 0) is 111 Å². The number of anilines is 1. The van der Waals surface area contributed by atoms with E-state index in [9.17, 15) is 14.9 Å². The lowest BCUT2D eigenvalue weighted by Gasteiger charge is -2.23. The zero-order valence-corrected chi connectivity index (χ0v) is 27.0. The van der Waals surface area contributed by atoms with Gasteiger partial charge in [-0.3, -0.25) is 24.5 Å². The van der Waals surface area contributed by atoms with Crippen molar-refractivity contribution < 1.29 is 19.1 Å². The van der Waals surface area contributed by atoms with E-state index >= 15 is 0 Å². The molecule has 2 aromatic heterocycles. The van der Waals surface area contributed by atoms with Gasteiger partial charge >= 0.3 is 5.97 Å². The van der Waals surface area contributed by atoms with Gasteiger partial charge < -0.3 is 14.8 Å². The Morgan fingerprint density at radius 2 is 1.75 bits per heavy atom. The molecule has 1 amide bonds. The number of nitrogens with one attached hydrogen (secondary N) is 2. The van der Waals surface area contributed by atoms with E-state index in [1.807, 2.05) is 62.4 Å². The van der Waals surface area contributed by atoms with Crippen LogP contribution in [0.2, 0.25) is 0 Å². The van der Waals surface area contributed by atoms with Gasteiger partial charge in [0.25, 0.3) is 5.91 Å². The van der Waals surface area contributed by atoms with Gasteiger partial charge in [0, 0.05) is 30.4 Å². The molecule has 7 rings (SSSR count). The topological polar surface area (TPSA) is 149 Å². The Morgan fingerprint density at radius 1 is 1.00 bits per heavy atom. The minimum atomic E-state index is -0.926. The average molecular weight is 644 g/mol. The molecule has 2 aliphatic rings. The number of nitrogens with zero attached hydrogens (tertiary/aromatic N) is 5. The van der Waals surface area contributed by atoms with Crippen LogP contribution in [0.3, 0.4) is 0 Å². The Bertz CT molecular complexity index is 2080. The van der Waals surface area contributed by atoms with Crippen molar-refractivity contribution in [2.75, 3.05) is 25.0 Å². The minimum Gasteiger partial charge on any atom is -0.480 e. The second-order valence-electron chi connectivity index (χ2n) is 12.7. The largest absolute Gasteiger partial charge is 0.480 e. The molecular weight excluding hydrogens is 606 g/mol. The normalized spacial score (nSPS) is 16.1. The van der Waals surface area contributed by atoms with Gasteiger partial charge in [-0.1, -0.05) is 24.3 Å². The van der Waals surface area contributed by atoms with Gasteiger partial charge in [0.05, 0.1) is 17.8 Å². The maximum Gasteiger partial charge on any atom is 0.317 e. The van der Waals surface area contributed by atoms with E-state index in [1.165, 1.54) is 12.8 Å². The number of amides is 1. The number of likely N-dealkylation sites (tertiary alicyclic amines) is 1. The second-order valence-corrected chi connectivity index (χ2v) is 12.7. The van der Waals surface area contributed by atoms with E-state index < -0.39 is 5.97 Å². The van der Waals surface area contributed by atoms with E-state index in [1.54, 1.807) is 10.7 Å². The molecular formula is C37H37N7O4. The van der Waals surface area contributed by atoms with Crippen molar-refractivity contribution in [3.63, 3.8) is 0 Å². The average Bonchev–Trinajstić information content (AvgIpc) is 3.85. The summed E-state index contributed by atoms with van der Waals surface area (Å²) in [5.41, 5.74) is 9.10. The van der Waals surface area contributed by atoms with Gasteiger partial charge in [0.2, 0.25) is 5.89 Å². The highest BCUT2D eigenvalue weighted by molar-refractivity contribution is 6.04. The third kappa shape index (κ3) is 6.08. The van der Waals surface area contributed by atoms with Crippen molar-refractivity contribution in [3.8, 4) is 28.7 Å². The standard InChI is InChI=1S/C37H37N7O4/c1-22-26(8-5-10-28(22)37-41-31-17-24(21-43-13-3-4-14-43)16-25(19-38)35(31)48-37)27-9-6-11-29(23(27)2)40-36(47)32-18-33-30(39-20-34(45)46)12-7-15-44(33)42-32/h5-6,8-11,16-18,30,39H,3-4,7,12-15,20-21H2,1-2H3,(H,40,47)(H,45,46). The fourth-order valence-electron chi connectivity index (χ4n) is 7.00. The quantitative estimate of drug-likeness (QED) is 0.171. The fraction of sp³-hybridized carbons (Fsp3) is 0.324. The summed E-state index contributed by atoms with van der Waals surface area (Å²) in [6, 6.07) is 19.6. The van der Waals surface area contributed by atoms with Gasteiger partial charge in [0.1, 0.15) is 11.6 Å². The number of hydrogen-bond donors (Lipinski definition) is 3. The highest BCUT2D eigenvalue weighted by Gasteiger charge is 2.25. The zero-order chi connectivity index (χ0) is 33.4. The molecule has 5 aromatic rings. The number of nitriles is 1. The zero-order valence-electron chi connectivity index (χ0n) is 27.0. The Kier molecular flexibility index (Phi) is 8.52. The number of carbonyl (C=O) groups excluding carboxylic acids is 1. The molecule has 3 N–H and O–H groups in total. The van der Waals surface area contributed by atoms with Crippen molar-refractivity contribution >= 4 is 28.7 Å². The molecule has 0 saturated carbocycles. The molecule has 244 valence electrons. The molecule has 1 saturated heterocycles. The molecule has 0 spiro atoms. The number of carbonyl (C=O) groups is 2. The SMILES string of the molecule is Cc1c(NC(=O)c2cc3n(n2)CCCC3NCC(=O)O)cccc1-c1cccc(-c2nc3cc(CN4CCCC4)cc(C#N)c3o2)c1C. The van der Waals surface area contributed by atoms with Crippen LogP contribution in [0.5, 0.6) is 0 Å². The number of aromatic nitrogens is 3. The summed E-state index contributed by atoms with van der Waals surface area (Å²) in [4.78, 5) is 31.8. The lowest BCUT2D eigenvalue weighted by molar-refractivity contribution is -0.136. The molecule has 4 heterocycles. The van der Waals surface area contributed by atoms with Gasteiger partial charge in [0.15, 0.2) is 11.3 Å². The van der Waals surface area contributed by atoms with Crippen LogP contribution in [-0.2, 0) is 17.9 Å². The molecule has 0 bridgehead atoms. The van der Waals surface area contributed by atoms with Crippen LogP contribution in [0.15, 0.2) is 59.0 Å². The van der Waals surface area contributed by atoms with E-state index in [2.05, 4.69) is 26.7 Å². The number of carboxylic acids is 1. The van der Waals surface area contributed by atoms with Crippen LogP contribution in [0.1, 0.15) is 70.2 Å². The smallest absolute Gasteiger partial charge is 0.317 e. The highest BCUT2D eigenvalue weighted by Crippen LogP contribution is 2.37. The molecule has 2 aliphatic heterocycles. The summed E-state index contributed by atoms with van der Waals surface area (Å²) in [5.74, 6) is -0.797. The summed E-state index contributed by atoms with van der Waals surface area (Å²) < 4.78 is 8.04. The fourth-order valence-corrected chi connectivity index (χ4v) is 7.00. The lowest BCUT2D eigenvalue weighted by Crippen LogP contribution is -2.31. The van der Waals surface area contributed by atoms with Crippen molar-refractivity contribution in [1.82, 2.24) is 25.0 Å². The number of carboxylic acid groups (broad SMARTS) is 1. The van der Waals surface area contributed by atoms with Crippen molar-refractivity contribution in [3.05, 3.63) is 88.2 Å². The molecule has 48 heavy (non-hydrogen) atoms. The predicted molar refractivity (Wildman–Crippen MR) is 181 cm³/mol. The van der Waals surface area contributed by atoms with Crippen molar-refractivity contribution in [2.45, 2.75) is 58.7 Å². The van der Waals surface area contributed by atoms with E-state index in [4.69, 9.17) is 14.5 Å². The number of aliphatic carboxylic acids is 1. The monoisotopic (exact) mass is 643 g/mol. The molecule has 0 radical (unpaired) electrons. The van der Waals surface area contributed by atoms with Crippen molar-refractivity contribution in [1.29, 1.82) is 5.26 Å². The maximum atomic E-state index is 13.4. The lowest BCUT2D eigenvalue weighted by atomic mass is 9.93. The molecule has 11 nitrogen and oxygen atoms in total. The second kappa shape index (κ2) is 13.1. The number of hydrogen-bond acceptors (Lipinski definition) is 8. The summed E-state index contributed by atoms with van der Waals surface area (Å²) in [7, 11) is 0. The first-order chi connectivity index (χ1) is 23.3. The summed E-state index contributed by atoms with van der Waals surface area (Å²) in [6.45, 7) is 7.45. The first-order valence-electron chi connectivity index (χ1n) is 16.4. The summed E-state index contributed by atoms with van der Waals surface area (Å²) >= 11 is 0. The first kappa shape index (κ1) is 31.3. The highest BCUT2D eigenvalue weighted by atomic mass is 16.4. The number of oxazole rings is 1. The molecule has 11 heteroatoms. The van der Waals surface area contributed by atoms with Gasteiger partial charge in [-0.2, -0.15) is 10.4 Å².